The van der Waals surface area contributed by atoms with Gasteiger partial charge in [0.05, 0.1) is 17.3 Å². The second kappa shape index (κ2) is 8.97. The molecule has 2 aromatic heterocycles. The van der Waals surface area contributed by atoms with Gasteiger partial charge in [0, 0.05) is 47.9 Å². The van der Waals surface area contributed by atoms with Gasteiger partial charge < -0.3 is 25.5 Å². The molecule has 1 aliphatic heterocycles. The van der Waals surface area contributed by atoms with Gasteiger partial charge in [-0.2, -0.15) is 0 Å². The van der Waals surface area contributed by atoms with E-state index in [1.54, 1.807) is 52.0 Å². The van der Waals surface area contributed by atoms with E-state index in [4.69, 9.17) is 17.3 Å². The summed E-state index contributed by atoms with van der Waals surface area (Å²) in [6.45, 7) is 0.397. The largest absolute Gasteiger partial charge is 0.507 e. The van der Waals surface area contributed by atoms with Gasteiger partial charge in [0.1, 0.15) is 17.1 Å². The first-order valence-corrected chi connectivity index (χ1v) is 12.5. The molecule has 1 aliphatic carbocycles. The second-order valence-corrected chi connectivity index (χ2v) is 9.65. The molecule has 9 heteroatoms. The average Bonchev–Trinajstić information content (AvgIpc) is 3.50. The van der Waals surface area contributed by atoms with Crippen LogP contribution in [0, 0.1) is 5.92 Å². The predicted octanol–water partition coefficient (Wildman–Crippen LogP) is 4.53. The summed E-state index contributed by atoms with van der Waals surface area (Å²) in [5.74, 6) is -0.315. The minimum Gasteiger partial charge on any atom is -0.507 e. The molecule has 0 saturated carbocycles. The zero-order valence-electron chi connectivity index (χ0n) is 19.8. The molecule has 1 unspecified atom stereocenters. The van der Waals surface area contributed by atoms with Crippen LogP contribution in [-0.2, 0) is 4.79 Å². The predicted molar refractivity (Wildman–Crippen MR) is 144 cm³/mol. The number of benzene rings is 2. The topological polar surface area (TPSA) is 113 Å². The van der Waals surface area contributed by atoms with Gasteiger partial charge in [-0.25, -0.2) is 4.98 Å². The number of aromatic hydroxyl groups is 1. The van der Waals surface area contributed by atoms with Gasteiger partial charge in [0.2, 0.25) is 5.91 Å². The van der Waals surface area contributed by atoms with Crippen molar-refractivity contribution in [3.05, 3.63) is 90.0 Å². The van der Waals surface area contributed by atoms with Crippen LogP contribution in [0.3, 0.4) is 0 Å². The Hall–Kier alpha value is -4.30. The maximum atomic E-state index is 13.6. The number of nitrogens with one attached hydrogen (secondary N) is 1. The molecule has 0 spiro atoms. The zero-order valence-corrected chi connectivity index (χ0v) is 20.5. The first kappa shape index (κ1) is 23.1. The van der Waals surface area contributed by atoms with E-state index in [1.165, 1.54) is 0 Å². The Morgan fingerprint density at radius 3 is 2.73 bits per heavy atom. The summed E-state index contributed by atoms with van der Waals surface area (Å²) in [5.41, 5.74) is 9.42. The molecular formula is C28H24ClN5O3. The van der Waals surface area contributed by atoms with E-state index in [0.717, 1.165) is 16.3 Å². The van der Waals surface area contributed by atoms with Crippen LogP contribution in [0.15, 0.2) is 78.8 Å². The number of halogens is 1. The number of fused-ring (bicyclic) bond motifs is 4. The van der Waals surface area contributed by atoms with Crippen LogP contribution in [0.4, 0.5) is 11.4 Å². The Morgan fingerprint density at radius 1 is 1.16 bits per heavy atom. The van der Waals surface area contributed by atoms with Gasteiger partial charge in [-0.15, -0.1) is 11.6 Å². The standard InChI is InChI=1S/C28H24ClN5O3/c29-12-17-13-34(23-11-24(35)20-3-1-2-4-21(20)26(17)23)28(37)22-15-33-14-19(9-10-25(33)32-22)31-27(36)16-5-7-18(30)8-6-16/h1-5,7-11,14-17,35H,6,12-13,30H2,(H,31,36)/t16?,17-/m1/s1. The van der Waals surface area contributed by atoms with Gasteiger partial charge in [-0.3, -0.25) is 9.59 Å². The molecule has 6 rings (SSSR count). The van der Waals surface area contributed by atoms with Gasteiger partial charge in [0.15, 0.2) is 0 Å². The van der Waals surface area contributed by atoms with Crippen molar-refractivity contribution in [1.82, 2.24) is 9.38 Å². The maximum Gasteiger partial charge on any atom is 0.278 e. The lowest BCUT2D eigenvalue weighted by molar-refractivity contribution is -0.118. The number of nitrogens with zero attached hydrogens (tertiary/aromatic N) is 3. The molecule has 0 fully saturated rings. The number of alkyl halides is 1. The highest BCUT2D eigenvalue weighted by Gasteiger charge is 2.35. The van der Waals surface area contributed by atoms with E-state index in [-0.39, 0.29) is 35.1 Å². The summed E-state index contributed by atoms with van der Waals surface area (Å²) in [7, 11) is 0. The summed E-state index contributed by atoms with van der Waals surface area (Å²) in [4.78, 5) is 32.4. The third kappa shape index (κ3) is 3.99. The number of hydrogen-bond donors (Lipinski definition) is 3. The van der Waals surface area contributed by atoms with E-state index in [0.29, 0.717) is 41.6 Å². The fraction of sp³-hybridized carbons (Fsp3) is 0.179. The van der Waals surface area contributed by atoms with Crippen molar-refractivity contribution in [2.24, 2.45) is 11.7 Å². The van der Waals surface area contributed by atoms with Gasteiger partial charge in [-0.05, 0) is 35.6 Å². The molecule has 3 heterocycles. The number of pyridine rings is 1. The molecular weight excluding hydrogens is 490 g/mol. The van der Waals surface area contributed by atoms with E-state index < -0.39 is 0 Å². The molecule has 2 aliphatic rings. The molecule has 2 amide bonds. The fourth-order valence-electron chi connectivity index (χ4n) is 5.12. The lowest BCUT2D eigenvalue weighted by atomic mass is 9.95. The minimum atomic E-state index is -0.291. The van der Waals surface area contributed by atoms with Gasteiger partial charge >= 0.3 is 0 Å². The van der Waals surface area contributed by atoms with Crippen molar-refractivity contribution in [2.75, 3.05) is 22.6 Å². The van der Waals surface area contributed by atoms with Crippen LogP contribution in [0.2, 0.25) is 0 Å². The quantitative estimate of drug-likeness (QED) is 0.347. The number of anilines is 2. The average molecular weight is 514 g/mol. The minimum absolute atomic E-state index is 0.0657. The zero-order chi connectivity index (χ0) is 25.7. The highest BCUT2D eigenvalue weighted by atomic mass is 35.5. The molecule has 8 nitrogen and oxygen atoms in total. The van der Waals surface area contributed by atoms with E-state index >= 15 is 0 Å². The highest BCUT2D eigenvalue weighted by Crippen LogP contribution is 2.45. The molecule has 4 N–H and O–H groups in total. The van der Waals surface area contributed by atoms with Crippen LogP contribution in [0.25, 0.3) is 16.4 Å². The number of phenolic OH excluding ortho intramolecular Hbond substituents is 1. The molecule has 2 atom stereocenters. The number of phenols is 1. The molecule has 4 aromatic rings. The van der Waals surface area contributed by atoms with Crippen molar-refractivity contribution in [1.29, 1.82) is 0 Å². The first-order valence-electron chi connectivity index (χ1n) is 12.0. The molecule has 0 saturated heterocycles. The Kier molecular flexibility index (Phi) is 5.61. The Balaban J connectivity index is 1.29. The third-order valence-electron chi connectivity index (χ3n) is 6.98. The highest BCUT2D eigenvalue weighted by molar-refractivity contribution is 6.19. The lowest BCUT2D eigenvalue weighted by Crippen LogP contribution is -2.30. The van der Waals surface area contributed by atoms with Crippen LogP contribution in [0.5, 0.6) is 5.75 Å². The van der Waals surface area contributed by atoms with Crippen molar-refractivity contribution in [3.63, 3.8) is 0 Å². The smallest absolute Gasteiger partial charge is 0.278 e. The van der Waals surface area contributed by atoms with Crippen LogP contribution in [-0.4, -0.2) is 38.7 Å². The summed E-state index contributed by atoms with van der Waals surface area (Å²) in [6.07, 6.45) is 9.28. The van der Waals surface area contributed by atoms with Crippen molar-refractivity contribution < 1.29 is 14.7 Å². The van der Waals surface area contributed by atoms with Crippen LogP contribution >= 0.6 is 11.6 Å². The van der Waals surface area contributed by atoms with Gasteiger partial charge in [-0.1, -0.05) is 36.4 Å². The number of allylic oxidation sites excluding steroid dienone is 2. The first-order chi connectivity index (χ1) is 17.9. The summed E-state index contributed by atoms with van der Waals surface area (Å²) in [6, 6.07) is 12.7. The molecule has 186 valence electrons. The second-order valence-electron chi connectivity index (χ2n) is 9.35. The summed E-state index contributed by atoms with van der Waals surface area (Å²) >= 11 is 6.31. The van der Waals surface area contributed by atoms with Crippen molar-refractivity contribution >= 4 is 51.2 Å². The number of amides is 2. The number of hydrogen-bond acceptors (Lipinski definition) is 5. The number of carbonyl (C=O) groups excluding carboxylic acids is 2. The van der Waals surface area contributed by atoms with E-state index in [9.17, 15) is 14.7 Å². The lowest BCUT2D eigenvalue weighted by Gasteiger charge is -2.17. The normalized spacial score (nSPS) is 18.7. The van der Waals surface area contributed by atoms with E-state index in [1.807, 2.05) is 30.3 Å². The fourth-order valence-corrected chi connectivity index (χ4v) is 5.37. The molecule has 2 aromatic carbocycles. The monoisotopic (exact) mass is 513 g/mol. The third-order valence-corrected chi connectivity index (χ3v) is 7.35. The number of carbonyl (C=O) groups is 2. The number of nitrogens with two attached hydrogens (primary N) is 1. The van der Waals surface area contributed by atoms with Crippen LogP contribution < -0.4 is 16.0 Å². The molecule has 0 bridgehead atoms. The van der Waals surface area contributed by atoms with E-state index in [2.05, 4.69) is 10.3 Å². The summed E-state index contributed by atoms with van der Waals surface area (Å²) < 4.78 is 1.71. The number of imidazole rings is 1. The Labute approximate surface area is 217 Å². The SMILES string of the molecule is NC1=CCC(C(=O)Nc2ccc3nc(C(=O)N4C[C@@H](CCl)c5c4cc(O)c4ccccc54)cn3c2)C=C1. The number of aromatic nitrogens is 2. The Bertz CT molecular complexity index is 1640. The Morgan fingerprint density at radius 2 is 1.97 bits per heavy atom. The molecule has 0 radical (unpaired) electrons. The number of rotatable bonds is 4. The van der Waals surface area contributed by atoms with Crippen molar-refractivity contribution in [2.45, 2.75) is 12.3 Å². The van der Waals surface area contributed by atoms with Crippen LogP contribution in [0.1, 0.15) is 28.4 Å². The van der Waals surface area contributed by atoms with Gasteiger partial charge in [0.25, 0.3) is 5.91 Å². The maximum absolute atomic E-state index is 13.6. The van der Waals surface area contributed by atoms with Crippen molar-refractivity contribution in [3.8, 4) is 5.75 Å². The molecule has 37 heavy (non-hydrogen) atoms. The summed E-state index contributed by atoms with van der Waals surface area (Å²) in [5, 5.41) is 15.2.